The molecule has 0 unspecified atom stereocenters. The van der Waals surface area contributed by atoms with Crippen molar-refractivity contribution < 1.29 is 19.1 Å². The van der Waals surface area contributed by atoms with Gasteiger partial charge in [-0.2, -0.15) is 0 Å². The average Bonchev–Trinajstić information content (AvgIpc) is 2.34. The van der Waals surface area contributed by atoms with Gasteiger partial charge in [-0.15, -0.1) is 0 Å². The molecule has 0 heterocycles. The van der Waals surface area contributed by atoms with Crippen LogP contribution in [-0.4, -0.2) is 24.6 Å². The maximum absolute atomic E-state index is 11.2. The summed E-state index contributed by atoms with van der Waals surface area (Å²) in [5, 5.41) is 0. The Hall–Kier alpha value is -1.84. The van der Waals surface area contributed by atoms with E-state index in [0.717, 1.165) is 24.0 Å². The Labute approximate surface area is 133 Å². The molecule has 0 spiro atoms. The molecule has 0 bridgehead atoms. The van der Waals surface area contributed by atoms with Gasteiger partial charge in [0.1, 0.15) is 12.7 Å². The molecule has 4 heteroatoms. The zero-order chi connectivity index (χ0) is 17.1. The molecule has 0 amide bonds. The minimum Gasteiger partial charge on any atom is -0.461 e. The third-order valence-electron chi connectivity index (χ3n) is 2.85. The third kappa shape index (κ3) is 11.9. The summed E-state index contributed by atoms with van der Waals surface area (Å²) in [6.45, 7) is 12.9. The van der Waals surface area contributed by atoms with Crippen LogP contribution >= 0.6 is 0 Å². The van der Waals surface area contributed by atoms with E-state index >= 15 is 0 Å². The van der Waals surface area contributed by atoms with Crippen LogP contribution in [0.3, 0.4) is 0 Å². The molecule has 0 saturated heterocycles. The van der Waals surface area contributed by atoms with Gasteiger partial charge >= 0.3 is 11.9 Å². The van der Waals surface area contributed by atoms with Crippen LogP contribution in [-0.2, 0) is 19.1 Å². The average molecular weight is 308 g/mol. The molecule has 0 aromatic rings. The molecule has 0 rings (SSSR count). The summed E-state index contributed by atoms with van der Waals surface area (Å²) in [5.41, 5.74) is 3.16. The highest BCUT2D eigenvalue weighted by atomic mass is 16.5. The second-order valence-corrected chi connectivity index (χ2v) is 5.72. The van der Waals surface area contributed by atoms with E-state index < -0.39 is 0 Å². The Kier molecular flexibility index (Phi) is 9.92. The lowest BCUT2D eigenvalue weighted by Crippen LogP contribution is -2.17. The predicted octanol–water partition coefficient (Wildman–Crippen LogP) is 4.12. The number of carbonyl (C=O) groups excluding carboxylic acids is 2. The summed E-state index contributed by atoms with van der Waals surface area (Å²) in [7, 11) is 0. The highest BCUT2D eigenvalue weighted by Gasteiger charge is 2.12. The molecule has 0 N–H and O–H groups in total. The maximum Gasteiger partial charge on any atom is 0.303 e. The molecular formula is C18H28O4. The molecule has 0 aromatic heterocycles. The SMILES string of the molecule is C=C(COC(C)=O)C[C@H](/C=C(\C)CCC=C(C)C)OC(C)=O. The van der Waals surface area contributed by atoms with E-state index in [1.54, 1.807) is 0 Å². The Morgan fingerprint density at radius 3 is 2.23 bits per heavy atom. The van der Waals surface area contributed by atoms with Crippen molar-refractivity contribution in [3.8, 4) is 0 Å². The van der Waals surface area contributed by atoms with E-state index in [1.807, 2.05) is 13.0 Å². The molecule has 0 fully saturated rings. The Balaban J connectivity index is 4.61. The predicted molar refractivity (Wildman–Crippen MR) is 88.4 cm³/mol. The monoisotopic (exact) mass is 308 g/mol. The number of esters is 2. The minimum absolute atomic E-state index is 0.151. The summed E-state index contributed by atoms with van der Waals surface area (Å²) in [6, 6.07) is 0. The second kappa shape index (κ2) is 10.8. The molecule has 1 atom stereocenters. The van der Waals surface area contributed by atoms with Gasteiger partial charge in [0.05, 0.1) is 0 Å². The van der Waals surface area contributed by atoms with Crippen molar-refractivity contribution in [1.29, 1.82) is 0 Å². The third-order valence-corrected chi connectivity index (χ3v) is 2.85. The Bertz CT molecular complexity index is 454. The summed E-state index contributed by atoms with van der Waals surface area (Å²) in [5.74, 6) is -0.683. The largest absolute Gasteiger partial charge is 0.461 e. The first-order valence-corrected chi connectivity index (χ1v) is 7.48. The maximum atomic E-state index is 11.2. The van der Waals surface area contributed by atoms with Gasteiger partial charge in [0.15, 0.2) is 0 Å². The van der Waals surface area contributed by atoms with Gasteiger partial charge in [-0.05, 0) is 45.3 Å². The van der Waals surface area contributed by atoms with Crippen LogP contribution < -0.4 is 0 Å². The van der Waals surface area contributed by atoms with Gasteiger partial charge in [0.25, 0.3) is 0 Å². The van der Waals surface area contributed by atoms with E-state index in [9.17, 15) is 9.59 Å². The van der Waals surface area contributed by atoms with Crippen LogP contribution in [0.2, 0.25) is 0 Å². The second-order valence-electron chi connectivity index (χ2n) is 5.72. The van der Waals surface area contributed by atoms with Gasteiger partial charge < -0.3 is 9.47 Å². The van der Waals surface area contributed by atoms with Crippen molar-refractivity contribution in [2.24, 2.45) is 0 Å². The highest BCUT2D eigenvalue weighted by Crippen LogP contribution is 2.15. The molecule has 124 valence electrons. The van der Waals surface area contributed by atoms with Crippen LogP contribution in [0.15, 0.2) is 35.5 Å². The van der Waals surface area contributed by atoms with Crippen LogP contribution in [0.5, 0.6) is 0 Å². The van der Waals surface area contributed by atoms with Crippen molar-refractivity contribution in [2.75, 3.05) is 6.61 Å². The lowest BCUT2D eigenvalue weighted by molar-refractivity contribution is -0.145. The fourth-order valence-corrected chi connectivity index (χ4v) is 1.88. The fourth-order valence-electron chi connectivity index (χ4n) is 1.88. The summed E-state index contributed by atoms with van der Waals surface area (Å²) in [6.07, 6.45) is 6.09. The normalized spacial score (nSPS) is 12.3. The van der Waals surface area contributed by atoms with E-state index in [4.69, 9.17) is 9.47 Å². The van der Waals surface area contributed by atoms with E-state index in [2.05, 4.69) is 26.5 Å². The van der Waals surface area contributed by atoms with Gasteiger partial charge in [0, 0.05) is 20.3 Å². The first-order chi connectivity index (χ1) is 10.2. The van der Waals surface area contributed by atoms with Gasteiger partial charge in [-0.3, -0.25) is 9.59 Å². The van der Waals surface area contributed by atoms with Crippen molar-refractivity contribution in [3.63, 3.8) is 0 Å². The summed E-state index contributed by atoms with van der Waals surface area (Å²) in [4.78, 5) is 22.0. The molecule has 22 heavy (non-hydrogen) atoms. The lowest BCUT2D eigenvalue weighted by atomic mass is 10.0. The summed E-state index contributed by atoms with van der Waals surface area (Å²) < 4.78 is 10.2. The number of hydrogen-bond acceptors (Lipinski definition) is 4. The van der Waals surface area contributed by atoms with Gasteiger partial charge in [-0.1, -0.05) is 23.8 Å². The molecule has 0 aliphatic carbocycles. The standard InChI is InChI=1S/C18H28O4/c1-13(2)8-7-9-14(3)10-18(22-17(6)20)11-15(4)12-21-16(5)19/h8,10,18H,4,7,9,11-12H2,1-3,5-6H3/b14-10+/t18-/m0/s1. The fraction of sp³-hybridized carbons (Fsp3) is 0.556. The quantitative estimate of drug-likeness (QED) is 0.475. The zero-order valence-corrected chi connectivity index (χ0v) is 14.4. The van der Waals surface area contributed by atoms with Crippen LogP contribution in [0, 0.1) is 0 Å². The minimum atomic E-state index is -0.368. The molecule has 0 aliphatic rings. The van der Waals surface area contributed by atoms with Crippen molar-refractivity contribution >= 4 is 11.9 Å². The Morgan fingerprint density at radius 2 is 1.73 bits per heavy atom. The molecule has 0 saturated carbocycles. The summed E-state index contributed by atoms with van der Waals surface area (Å²) >= 11 is 0. The van der Waals surface area contributed by atoms with E-state index in [0.29, 0.717) is 6.42 Å². The number of allylic oxidation sites excluding steroid dienone is 3. The van der Waals surface area contributed by atoms with E-state index in [-0.39, 0.29) is 24.6 Å². The van der Waals surface area contributed by atoms with Crippen LogP contribution in [0.25, 0.3) is 0 Å². The molecule has 0 aliphatic heterocycles. The molecule has 0 aromatic carbocycles. The van der Waals surface area contributed by atoms with Gasteiger partial charge in [-0.25, -0.2) is 0 Å². The first kappa shape index (κ1) is 20.2. The van der Waals surface area contributed by atoms with Gasteiger partial charge in [0.2, 0.25) is 0 Å². The number of carbonyl (C=O) groups is 2. The smallest absolute Gasteiger partial charge is 0.303 e. The van der Waals surface area contributed by atoms with Crippen molar-refractivity contribution in [1.82, 2.24) is 0 Å². The molecular weight excluding hydrogens is 280 g/mol. The van der Waals surface area contributed by atoms with E-state index in [1.165, 1.54) is 19.4 Å². The van der Waals surface area contributed by atoms with Crippen LogP contribution in [0.4, 0.5) is 0 Å². The van der Waals surface area contributed by atoms with Crippen LogP contribution in [0.1, 0.15) is 53.9 Å². The number of hydrogen-bond donors (Lipinski definition) is 0. The number of rotatable bonds is 9. The molecule has 0 radical (unpaired) electrons. The molecule has 4 nitrogen and oxygen atoms in total. The highest BCUT2D eigenvalue weighted by molar-refractivity contribution is 5.66. The zero-order valence-electron chi connectivity index (χ0n) is 14.4. The number of ether oxygens (including phenoxy) is 2. The Morgan fingerprint density at radius 1 is 1.09 bits per heavy atom. The topological polar surface area (TPSA) is 52.6 Å². The lowest BCUT2D eigenvalue weighted by Gasteiger charge is -2.16. The van der Waals surface area contributed by atoms with Crippen molar-refractivity contribution in [3.05, 3.63) is 35.5 Å². The van der Waals surface area contributed by atoms with Crippen molar-refractivity contribution in [2.45, 2.75) is 60.0 Å². The first-order valence-electron chi connectivity index (χ1n) is 7.48.